The van der Waals surface area contributed by atoms with Gasteiger partial charge in [0, 0.05) is 32.6 Å². The molecule has 4 rings (SSSR count). The van der Waals surface area contributed by atoms with Crippen molar-refractivity contribution >= 4 is 11.6 Å². The highest BCUT2D eigenvalue weighted by Gasteiger charge is 2.38. The van der Waals surface area contributed by atoms with Crippen molar-refractivity contribution in [3.05, 3.63) is 71.8 Å². The third-order valence-corrected chi connectivity index (χ3v) is 6.28. The molecule has 0 N–H and O–H groups in total. The molecule has 2 aromatic carbocycles. The lowest BCUT2D eigenvalue weighted by Gasteiger charge is -2.35. The minimum Gasteiger partial charge on any atom is -0.399 e. The van der Waals surface area contributed by atoms with Gasteiger partial charge in [0.25, 0.3) is 0 Å². The molecule has 30 heavy (non-hydrogen) atoms. The van der Waals surface area contributed by atoms with Crippen LogP contribution in [0, 0.1) is 5.92 Å². The van der Waals surface area contributed by atoms with Gasteiger partial charge in [-0.2, -0.15) is 0 Å². The smallest absolute Gasteiger partial charge is 0.240 e. The molecule has 0 bridgehead atoms. The molecule has 0 spiro atoms. The number of amides is 1. The van der Waals surface area contributed by atoms with E-state index in [-0.39, 0.29) is 11.9 Å². The average Bonchev–Trinajstić information content (AvgIpc) is 3.17. The van der Waals surface area contributed by atoms with Crippen LogP contribution in [0.5, 0.6) is 0 Å². The molecule has 2 saturated heterocycles. The Balaban J connectivity index is 1.37. The van der Waals surface area contributed by atoms with Gasteiger partial charge in [-0.15, -0.1) is 0 Å². The quantitative estimate of drug-likeness (QED) is 0.688. The first-order chi connectivity index (χ1) is 14.7. The standard InChI is InChI=1S/C25H31N3O2/c1-30-26-23-17-24(28(19-23)18-22-10-6-3-7-11-22)25(29)27-14-12-21(13-15-27)16-20-8-4-2-5-9-20/h2-11,21,24H,12-19H2,1H3/t24-/m0/s1. The normalized spacial score (nSPS) is 21.8. The van der Waals surface area contributed by atoms with E-state index in [2.05, 4.69) is 57.4 Å². The number of benzene rings is 2. The summed E-state index contributed by atoms with van der Waals surface area (Å²) in [6, 6.07) is 20.9. The molecule has 2 aromatic rings. The molecule has 0 unspecified atom stereocenters. The van der Waals surface area contributed by atoms with Gasteiger partial charge in [0.05, 0.1) is 11.8 Å². The molecule has 5 nitrogen and oxygen atoms in total. The van der Waals surface area contributed by atoms with E-state index in [9.17, 15) is 4.79 Å². The van der Waals surface area contributed by atoms with Crippen molar-refractivity contribution in [2.24, 2.45) is 11.1 Å². The Morgan fingerprint density at radius 1 is 1.00 bits per heavy atom. The summed E-state index contributed by atoms with van der Waals surface area (Å²) in [6.07, 6.45) is 3.91. The first kappa shape index (κ1) is 20.6. The van der Waals surface area contributed by atoms with Crippen molar-refractivity contribution in [1.29, 1.82) is 0 Å². The molecule has 0 saturated carbocycles. The van der Waals surface area contributed by atoms with Gasteiger partial charge in [0.15, 0.2) is 0 Å². The van der Waals surface area contributed by atoms with Crippen LogP contribution in [0.25, 0.3) is 0 Å². The molecule has 0 aliphatic carbocycles. The van der Waals surface area contributed by atoms with E-state index in [1.54, 1.807) is 7.11 Å². The Morgan fingerprint density at radius 3 is 2.27 bits per heavy atom. The summed E-state index contributed by atoms with van der Waals surface area (Å²) in [5, 5.41) is 4.16. The monoisotopic (exact) mass is 405 g/mol. The number of nitrogens with zero attached hydrogens (tertiary/aromatic N) is 3. The second kappa shape index (κ2) is 9.90. The Morgan fingerprint density at radius 2 is 1.63 bits per heavy atom. The Hall–Kier alpha value is -2.66. The maximum Gasteiger partial charge on any atom is 0.240 e. The van der Waals surface area contributed by atoms with Crippen LogP contribution in [0.1, 0.15) is 30.4 Å². The SMILES string of the molecule is CON=C1C[C@@H](C(=O)N2CCC(Cc3ccccc3)CC2)N(Cc2ccccc2)C1. The topological polar surface area (TPSA) is 45.1 Å². The molecule has 5 heteroatoms. The minimum absolute atomic E-state index is 0.148. The van der Waals surface area contributed by atoms with E-state index in [0.29, 0.717) is 18.9 Å². The Bertz CT molecular complexity index is 845. The number of oxime groups is 1. The Labute approximate surface area is 179 Å². The second-order valence-electron chi connectivity index (χ2n) is 8.41. The molecule has 1 amide bonds. The van der Waals surface area contributed by atoms with Crippen molar-refractivity contribution in [3.63, 3.8) is 0 Å². The van der Waals surface area contributed by atoms with Gasteiger partial charge in [-0.1, -0.05) is 65.8 Å². The number of hydrogen-bond acceptors (Lipinski definition) is 4. The first-order valence-corrected chi connectivity index (χ1v) is 10.9. The van der Waals surface area contributed by atoms with Gasteiger partial charge in [0.1, 0.15) is 7.11 Å². The van der Waals surface area contributed by atoms with E-state index in [0.717, 1.165) is 44.6 Å². The van der Waals surface area contributed by atoms with Crippen molar-refractivity contribution in [3.8, 4) is 0 Å². The van der Waals surface area contributed by atoms with Crippen LogP contribution in [0.15, 0.2) is 65.8 Å². The second-order valence-corrected chi connectivity index (χ2v) is 8.41. The van der Waals surface area contributed by atoms with E-state index in [4.69, 9.17) is 4.84 Å². The highest BCUT2D eigenvalue weighted by molar-refractivity contribution is 5.96. The van der Waals surface area contributed by atoms with Crippen molar-refractivity contribution in [2.45, 2.75) is 38.3 Å². The summed E-state index contributed by atoms with van der Waals surface area (Å²) in [7, 11) is 1.57. The van der Waals surface area contributed by atoms with Crippen LogP contribution in [0.3, 0.4) is 0 Å². The predicted molar refractivity (Wildman–Crippen MR) is 119 cm³/mol. The van der Waals surface area contributed by atoms with Crippen LogP contribution < -0.4 is 0 Å². The molecule has 0 aromatic heterocycles. The molecule has 2 heterocycles. The van der Waals surface area contributed by atoms with Crippen LogP contribution in [0.2, 0.25) is 0 Å². The summed E-state index contributed by atoms with van der Waals surface area (Å²) in [4.78, 5) is 22.7. The van der Waals surface area contributed by atoms with Crippen molar-refractivity contribution < 1.29 is 9.63 Å². The van der Waals surface area contributed by atoms with Crippen LogP contribution in [0.4, 0.5) is 0 Å². The third kappa shape index (κ3) is 5.08. The van der Waals surface area contributed by atoms with E-state index < -0.39 is 0 Å². The fraction of sp³-hybridized carbons (Fsp3) is 0.440. The summed E-state index contributed by atoms with van der Waals surface area (Å²) >= 11 is 0. The van der Waals surface area contributed by atoms with Gasteiger partial charge >= 0.3 is 0 Å². The lowest BCUT2D eigenvalue weighted by Crippen LogP contribution is -2.48. The highest BCUT2D eigenvalue weighted by Crippen LogP contribution is 2.26. The zero-order valence-electron chi connectivity index (χ0n) is 17.7. The minimum atomic E-state index is -0.148. The molecule has 2 fully saturated rings. The van der Waals surface area contributed by atoms with Crippen molar-refractivity contribution in [1.82, 2.24) is 9.80 Å². The van der Waals surface area contributed by atoms with Gasteiger partial charge in [-0.25, -0.2) is 0 Å². The number of rotatable bonds is 6. The lowest BCUT2D eigenvalue weighted by atomic mass is 9.90. The average molecular weight is 406 g/mol. The zero-order chi connectivity index (χ0) is 20.8. The van der Waals surface area contributed by atoms with E-state index in [1.807, 2.05) is 18.2 Å². The highest BCUT2D eigenvalue weighted by atomic mass is 16.6. The summed E-state index contributed by atoms with van der Waals surface area (Å²) in [5.74, 6) is 0.900. The largest absolute Gasteiger partial charge is 0.399 e. The van der Waals surface area contributed by atoms with Gasteiger partial charge in [-0.05, 0) is 36.3 Å². The first-order valence-electron chi connectivity index (χ1n) is 10.9. The maximum absolute atomic E-state index is 13.4. The lowest BCUT2D eigenvalue weighted by molar-refractivity contribution is -0.137. The maximum atomic E-state index is 13.4. The predicted octanol–water partition coefficient (Wildman–Crippen LogP) is 3.74. The summed E-state index contributed by atoms with van der Waals surface area (Å²) in [5.41, 5.74) is 3.56. The molecule has 0 radical (unpaired) electrons. The zero-order valence-corrected chi connectivity index (χ0v) is 17.7. The fourth-order valence-electron chi connectivity index (χ4n) is 4.70. The fourth-order valence-corrected chi connectivity index (χ4v) is 4.70. The van der Waals surface area contributed by atoms with Crippen molar-refractivity contribution in [2.75, 3.05) is 26.7 Å². The van der Waals surface area contributed by atoms with Crippen LogP contribution in [-0.2, 0) is 22.6 Å². The molecule has 158 valence electrons. The Kier molecular flexibility index (Phi) is 6.80. The summed E-state index contributed by atoms with van der Waals surface area (Å²) < 4.78 is 0. The molecule has 2 aliphatic heterocycles. The van der Waals surface area contributed by atoms with Crippen LogP contribution in [-0.4, -0.2) is 54.2 Å². The van der Waals surface area contributed by atoms with Gasteiger partial charge < -0.3 is 9.74 Å². The number of carbonyl (C=O) groups is 1. The molecule has 1 atom stereocenters. The molecule has 2 aliphatic rings. The van der Waals surface area contributed by atoms with E-state index in [1.165, 1.54) is 11.1 Å². The molecular formula is C25H31N3O2. The number of likely N-dealkylation sites (tertiary alicyclic amines) is 2. The third-order valence-electron chi connectivity index (χ3n) is 6.28. The van der Waals surface area contributed by atoms with E-state index >= 15 is 0 Å². The van der Waals surface area contributed by atoms with Crippen LogP contribution >= 0.6 is 0 Å². The number of carbonyl (C=O) groups excluding carboxylic acids is 1. The van der Waals surface area contributed by atoms with Gasteiger partial charge in [0.2, 0.25) is 5.91 Å². The summed E-state index contributed by atoms with van der Waals surface area (Å²) in [6.45, 7) is 3.14. The number of piperidine rings is 1. The van der Waals surface area contributed by atoms with Gasteiger partial charge in [-0.3, -0.25) is 9.69 Å². The molecular weight excluding hydrogens is 374 g/mol. The number of hydrogen-bond donors (Lipinski definition) is 0.